The van der Waals surface area contributed by atoms with E-state index in [1.165, 1.54) is 12.8 Å². The number of carbonyl (C=O) groups is 2. The summed E-state index contributed by atoms with van der Waals surface area (Å²) in [5, 5.41) is 14.9. The van der Waals surface area contributed by atoms with Crippen LogP contribution in [0.5, 0.6) is 0 Å². The number of likely N-dealkylation sites (tertiary alicyclic amines) is 1. The molecule has 8 heteroatoms. The monoisotopic (exact) mass is 600 g/mol. The molecule has 0 aromatic heterocycles. The minimum absolute atomic E-state index is 0.0138. The summed E-state index contributed by atoms with van der Waals surface area (Å²) in [5.41, 5.74) is 0.664. The highest BCUT2D eigenvalue weighted by molar-refractivity contribution is 5.68. The summed E-state index contributed by atoms with van der Waals surface area (Å²) in [6, 6.07) is 0. The highest BCUT2D eigenvalue weighted by Crippen LogP contribution is 2.87. The van der Waals surface area contributed by atoms with E-state index in [1.54, 1.807) is 0 Å². The average Bonchev–Trinajstić information content (AvgIpc) is 3.53. The fourth-order valence-electron chi connectivity index (χ4n) is 12.4. The minimum Gasteiger partial charge on any atom is -0.446 e. The van der Waals surface area contributed by atoms with Crippen LogP contribution in [-0.4, -0.2) is 72.3 Å². The molecule has 0 aromatic rings. The summed E-state index contributed by atoms with van der Waals surface area (Å²) < 4.78 is 18.9. The number of amides is 2. The van der Waals surface area contributed by atoms with Crippen LogP contribution in [0.3, 0.4) is 0 Å². The number of aliphatic hydroxyl groups is 1. The SMILES string of the molecule is CCNC(=O)OC(C(C)C)C1CCC2C(O1)C(O)C1C3CCC4C(C)(C)C(OC(=O)N5CCC5)CCC45CC35CCC21C. The number of nitrogens with zero attached hydrogens (tertiary/aromatic N) is 1. The van der Waals surface area contributed by atoms with Gasteiger partial charge in [0.1, 0.15) is 12.2 Å². The van der Waals surface area contributed by atoms with Crippen LogP contribution < -0.4 is 5.32 Å². The van der Waals surface area contributed by atoms with Crippen molar-refractivity contribution in [3.05, 3.63) is 0 Å². The molecule has 43 heavy (non-hydrogen) atoms. The number of nitrogens with one attached hydrogen (secondary N) is 1. The normalized spacial score (nSPS) is 48.0. The summed E-state index contributed by atoms with van der Waals surface area (Å²) in [6.07, 6.45) is 9.39. The van der Waals surface area contributed by atoms with Crippen molar-refractivity contribution in [3.8, 4) is 0 Å². The Balaban J connectivity index is 1.09. The summed E-state index contributed by atoms with van der Waals surface area (Å²) in [4.78, 5) is 27.0. The van der Waals surface area contributed by atoms with Crippen molar-refractivity contribution in [2.75, 3.05) is 19.6 Å². The van der Waals surface area contributed by atoms with Gasteiger partial charge in [0, 0.05) is 25.0 Å². The van der Waals surface area contributed by atoms with E-state index in [-0.39, 0.29) is 59.3 Å². The summed E-state index contributed by atoms with van der Waals surface area (Å²) in [5.74, 6) is 1.81. The third kappa shape index (κ3) is 4.19. The van der Waals surface area contributed by atoms with Gasteiger partial charge in [-0.05, 0) is 117 Å². The molecular weight excluding hydrogens is 544 g/mol. The van der Waals surface area contributed by atoms with E-state index < -0.39 is 6.10 Å². The van der Waals surface area contributed by atoms with Gasteiger partial charge in [-0.25, -0.2) is 9.59 Å². The molecule has 2 heterocycles. The zero-order chi connectivity index (χ0) is 30.5. The van der Waals surface area contributed by atoms with Crippen molar-refractivity contribution in [3.63, 3.8) is 0 Å². The lowest BCUT2D eigenvalue weighted by Crippen LogP contribution is -2.56. The first-order valence-corrected chi connectivity index (χ1v) is 17.6. The Bertz CT molecular complexity index is 1120. The van der Waals surface area contributed by atoms with E-state index in [0.717, 1.165) is 64.5 Å². The number of alkyl carbamates (subject to hydrolysis) is 1. The molecule has 12 unspecified atom stereocenters. The van der Waals surface area contributed by atoms with Crippen molar-refractivity contribution in [2.45, 2.75) is 136 Å². The van der Waals surface area contributed by atoms with Crippen molar-refractivity contribution in [2.24, 2.45) is 51.2 Å². The highest BCUT2D eigenvalue weighted by atomic mass is 16.6. The molecule has 7 aliphatic rings. The van der Waals surface area contributed by atoms with E-state index in [0.29, 0.717) is 35.1 Å². The molecule has 2 saturated heterocycles. The van der Waals surface area contributed by atoms with E-state index >= 15 is 0 Å². The standard InChI is InChI=1S/C35H56N2O6/c1-7-36-30(39)43-28(20(2)3)23-11-9-22-29(41-23)27(38)26-21-10-12-24-32(4,5)25(42-31(40)37-17-8-18-37)13-14-35(24)19-34(21,35)16-15-33(22,26)6/h20-29,38H,7-19H2,1-6H3,(H,36,39). The Morgan fingerprint density at radius 3 is 2.42 bits per heavy atom. The molecule has 2 N–H and O–H groups in total. The van der Waals surface area contributed by atoms with Crippen LogP contribution in [0.25, 0.3) is 0 Å². The van der Waals surface area contributed by atoms with Crippen molar-refractivity contribution < 1.29 is 28.9 Å². The number of hydrogen-bond donors (Lipinski definition) is 2. The number of carbonyl (C=O) groups excluding carboxylic acids is 2. The second kappa shape index (κ2) is 10.2. The highest BCUT2D eigenvalue weighted by Gasteiger charge is 2.82. The average molecular weight is 601 g/mol. The fraction of sp³-hybridized carbons (Fsp3) is 0.943. The second-order valence-electron chi connectivity index (χ2n) is 16.8. The first-order valence-electron chi connectivity index (χ1n) is 17.6. The Morgan fingerprint density at radius 1 is 1.00 bits per heavy atom. The number of rotatable bonds is 5. The van der Waals surface area contributed by atoms with Crippen LogP contribution in [0.4, 0.5) is 9.59 Å². The molecule has 242 valence electrons. The molecule has 2 aliphatic heterocycles. The van der Waals surface area contributed by atoms with Gasteiger partial charge >= 0.3 is 12.2 Å². The van der Waals surface area contributed by atoms with Crippen molar-refractivity contribution in [1.82, 2.24) is 10.2 Å². The molecule has 8 nitrogen and oxygen atoms in total. The van der Waals surface area contributed by atoms with Gasteiger partial charge in [-0.1, -0.05) is 34.6 Å². The lowest BCUT2D eigenvalue weighted by Gasteiger charge is -2.59. The maximum atomic E-state index is 12.8. The van der Waals surface area contributed by atoms with Crippen LogP contribution in [0.1, 0.15) is 106 Å². The van der Waals surface area contributed by atoms with Gasteiger partial charge in [0.15, 0.2) is 0 Å². The lowest BCUT2D eigenvalue weighted by atomic mass is 9.46. The second-order valence-corrected chi connectivity index (χ2v) is 16.8. The van der Waals surface area contributed by atoms with Gasteiger partial charge in [-0.3, -0.25) is 0 Å². The smallest absolute Gasteiger partial charge is 0.410 e. The largest absolute Gasteiger partial charge is 0.446 e. The molecule has 12 atom stereocenters. The predicted molar refractivity (Wildman–Crippen MR) is 162 cm³/mol. The quantitative estimate of drug-likeness (QED) is 0.393. The number of hydrogen-bond acceptors (Lipinski definition) is 6. The molecule has 0 bridgehead atoms. The lowest BCUT2D eigenvalue weighted by molar-refractivity contribution is -0.163. The first-order chi connectivity index (χ1) is 20.4. The summed E-state index contributed by atoms with van der Waals surface area (Å²) >= 11 is 0. The van der Waals surface area contributed by atoms with E-state index in [1.807, 2.05) is 11.8 Å². The molecule has 7 fully saturated rings. The topological polar surface area (TPSA) is 97.3 Å². The maximum absolute atomic E-state index is 12.8. The van der Waals surface area contributed by atoms with Gasteiger partial charge in [0.05, 0.1) is 18.3 Å². The van der Waals surface area contributed by atoms with Gasteiger partial charge in [0.25, 0.3) is 0 Å². The Labute approximate surface area is 258 Å². The van der Waals surface area contributed by atoms with Gasteiger partial charge < -0.3 is 29.5 Å². The van der Waals surface area contributed by atoms with Gasteiger partial charge in [-0.2, -0.15) is 0 Å². The molecule has 0 aromatic carbocycles. The molecule has 5 aliphatic carbocycles. The van der Waals surface area contributed by atoms with Gasteiger partial charge in [0.2, 0.25) is 0 Å². The maximum Gasteiger partial charge on any atom is 0.410 e. The number of fused-ring (bicyclic) bond motifs is 4. The molecule has 2 amide bonds. The fourth-order valence-corrected chi connectivity index (χ4v) is 12.4. The van der Waals surface area contributed by atoms with Crippen LogP contribution in [0, 0.1) is 51.2 Å². The molecular formula is C35H56N2O6. The van der Waals surface area contributed by atoms with E-state index in [9.17, 15) is 14.7 Å². The number of aliphatic hydroxyl groups excluding tert-OH is 1. The molecule has 2 spiro atoms. The van der Waals surface area contributed by atoms with Crippen LogP contribution in [0.15, 0.2) is 0 Å². The van der Waals surface area contributed by atoms with Crippen LogP contribution in [0.2, 0.25) is 0 Å². The van der Waals surface area contributed by atoms with Crippen LogP contribution in [-0.2, 0) is 14.2 Å². The number of ether oxygens (including phenoxy) is 3. The Hall–Kier alpha value is -1.54. The summed E-state index contributed by atoms with van der Waals surface area (Å²) in [6.45, 7) is 15.5. The van der Waals surface area contributed by atoms with Crippen LogP contribution >= 0.6 is 0 Å². The van der Waals surface area contributed by atoms with E-state index in [4.69, 9.17) is 14.2 Å². The molecule has 5 saturated carbocycles. The molecule has 0 radical (unpaired) electrons. The molecule has 7 rings (SSSR count). The third-order valence-corrected chi connectivity index (χ3v) is 14.5. The predicted octanol–water partition coefficient (Wildman–Crippen LogP) is 6.15. The van der Waals surface area contributed by atoms with Crippen molar-refractivity contribution in [1.29, 1.82) is 0 Å². The first kappa shape index (κ1) is 30.1. The zero-order valence-corrected chi connectivity index (χ0v) is 27.4. The Kier molecular flexibility index (Phi) is 7.17. The zero-order valence-electron chi connectivity index (χ0n) is 27.4. The van der Waals surface area contributed by atoms with E-state index in [2.05, 4.69) is 39.9 Å². The van der Waals surface area contributed by atoms with Crippen molar-refractivity contribution >= 4 is 12.2 Å². The Morgan fingerprint density at radius 2 is 1.74 bits per heavy atom. The minimum atomic E-state index is -0.478. The third-order valence-electron chi connectivity index (χ3n) is 14.5. The summed E-state index contributed by atoms with van der Waals surface area (Å²) in [7, 11) is 0. The van der Waals surface area contributed by atoms with Gasteiger partial charge in [-0.15, -0.1) is 0 Å².